The number of carboxylic acids is 1. The Bertz CT molecular complexity index is 1050. The lowest BCUT2D eigenvalue weighted by molar-refractivity contribution is 0.0697. The smallest absolute Gasteiger partial charge is 0.339 e. The van der Waals surface area contributed by atoms with Crippen molar-refractivity contribution < 1.29 is 14.6 Å². The number of carbonyl (C=O) groups is 1. The van der Waals surface area contributed by atoms with Crippen molar-refractivity contribution in [2.45, 2.75) is 13.2 Å². The first-order valence-electron chi connectivity index (χ1n) is 10.2. The number of nitrogens with zero attached hydrogens (tertiary/aromatic N) is 3. The van der Waals surface area contributed by atoms with Crippen LogP contribution in [0.3, 0.4) is 0 Å². The second-order valence-corrected chi connectivity index (χ2v) is 7.95. The lowest BCUT2D eigenvalue weighted by atomic mass is 10.1. The minimum absolute atomic E-state index is 0.250. The third kappa shape index (κ3) is 5.54. The van der Waals surface area contributed by atoms with Gasteiger partial charge in [-0.05, 0) is 47.5 Å². The molecule has 2 aromatic carbocycles. The van der Waals surface area contributed by atoms with E-state index in [1.165, 1.54) is 5.56 Å². The first kappa shape index (κ1) is 21.2. The first-order chi connectivity index (χ1) is 15.1. The highest BCUT2D eigenvalue weighted by Crippen LogP contribution is 2.21. The predicted molar refractivity (Wildman–Crippen MR) is 121 cm³/mol. The summed E-state index contributed by atoms with van der Waals surface area (Å²) in [4.78, 5) is 20.2. The Hall–Kier alpha value is -3.09. The number of hydrogen-bond acceptors (Lipinski definition) is 5. The van der Waals surface area contributed by atoms with Crippen molar-refractivity contribution in [2.75, 3.05) is 31.1 Å². The van der Waals surface area contributed by atoms with E-state index in [0.717, 1.165) is 44.0 Å². The molecule has 0 spiro atoms. The number of rotatable bonds is 7. The van der Waals surface area contributed by atoms with Gasteiger partial charge in [-0.15, -0.1) is 0 Å². The van der Waals surface area contributed by atoms with Crippen molar-refractivity contribution in [3.05, 3.63) is 88.6 Å². The van der Waals surface area contributed by atoms with Crippen LogP contribution in [0.25, 0.3) is 0 Å². The molecule has 1 aliphatic heterocycles. The Labute approximate surface area is 186 Å². The van der Waals surface area contributed by atoms with Gasteiger partial charge in [0.15, 0.2) is 0 Å². The molecule has 3 aromatic rings. The highest BCUT2D eigenvalue weighted by Gasteiger charge is 2.22. The molecule has 1 fully saturated rings. The summed E-state index contributed by atoms with van der Waals surface area (Å²) in [5.41, 5.74) is 2.46. The molecule has 2 heterocycles. The van der Waals surface area contributed by atoms with Crippen LogP contribution in [0, 0.1) is 0 Å². The zero-order valence-corrected chi connectivity index (χ0v) is 17.8. The van der Waals surface area contributed by atoms with Gasteiger partial charge in [-0.2, -0.15) is 0 Å². The van der Waals surface area contributed by atoms with Crippen LogP contribution < -0.4 is 9.64 Å². The highest BCUT2D eigenvalue weighted by molar-refractivity contribution is 6.30. The van der Waals surface area contributed by atoms with Crippen molar-refractivity contribution in [3.8, 4) is 5.75 Å². The quantitative estimate of drug-likeness (QED) is 0.593. The van der Waals surface area contributed by atoms with E-state index in [-0.39, 0.29) is 5.56 Å². The van der Waals surface area contributed by atoms with Crippen LogP contribution in [0.4, 0.5) is 5.82 Å². The molecule has 31 heavy (non-hydrogen) atoms. The monoisotopic (exact) mass is 437 g/mol. The number of benzene rings is 2. The number of piperazine rings is 1. The fourth-order valence-electron chi connectivity index (χ4n) is 3.72. The van der Waals surface area contributed by atoms with Crippen molar-refractivity contribution in [1.82, 2.24) is 9.88 Å². The van der Waals surface area contributed by atoms with E-state index in [1.807, 2.05) is 41.3 Å². The number of ether oxygens (including phenoxy) is 1. The van der Waals surface area contributed by atoms with Crippen LogP contribution in [0.2, 0.25) is 5.02 Å². The van der Waals surface area contributed by atoms with Crippen molar-refractivity contribution in [1.29, 1.82) is 0 Å². The van der Waals surface area contributed by atoms with Gasteiger partial charge in [0.1, 0.15) is 23.7 Å². The summed E-state index contributed by atoms with van der Waals surface area (Å²) in [5.74, 6) is 0.432. The number of pyridine rings is 1. The van der Waals surface area contributed by atoms with Gasteiger partial charge in [-0.25, -0.2) is 9.78 Å². The lowest BCUT2D eigenvalue weighted by Gasteiger charge is -2.35. The predicted octanol–water partition coefficient (Wildman–Crippen LogP) is 4.33. The molecular weight excluding hydrogens is 414 g/mol. The van der Waals surface area contributed by atoms with Gasteiger partial charge >= 0.3 is 5.97 Å². The number of aromatic carboxylic acids is 1. The molecule has 0 aliphatic carbocycles. The van der Waals surface area contributed by atoms with Gasteiger partial charge in [0, 0.05) is 43.9 Å². The van der Waals surface area contributed by atoms with E-state index < -0.39 is 5.97 Å². The van der Waals surface area contributed by atoms with Crippen LogP contribution in [-0.4, -0.2) is 47.1 Å². The summed E-state index contributed by atoms with van der Waals surface area (Å²) in [6.45, 7) is 4.44. The summed E-state index contributed by atoms with van der Waals surface area (Å²) in [5, 5.41) is 10.1. The van der Waals surface area contributed by atoms with Crippen molar-refractivity contribution >= 4 is 23.4 Å². The molecule has 0 atom stereocenters. The lowest BCUT2D eigenvalue weighted by Crippen LogP contribution is -2.46. The number of anilines is 1. The molecule has 1 saturated heterocycles. The molecule has 0 unspecified atom stereocenters. The molecule has 4 rings (SSSR count). The molecule has 0 amide bonds. The van der Waals surface area contributed by atoms with Gasteiger partial charge in [-0.3, -0.25) is 4.90 Å². The second-order valence-electron chi connectivity index (χ2n) is 7.51. The minimum atomic E-state index is -0.944. The molecule has 0 saturated carbocycles. The van der Waals surface area contributed by atoms with Crippen LogP contribution in [0.1, 0.15) is 21.5 Å². The largest absolute Gasteiger partial charge is 0.489 e. The maximum Gasteiger partial charge on any atom is 0.339 e. The molecule has 1 aliphatic rings. The van der Waals surface area contributed by atoms with Crippen LogP contribution in [-0.2, 0) is 13.2 Å². The first-order valence-corrected chi connectivity index (χ1v) is 10.6. The van der Waals surface area contributed by atoms with Gasteiger partial charge in [0.05, 0.1) is 0 Å². The maximum atomic E-state index is 11.5. The molecule has 7 heteroatoms. The number of halogens is 1. The Morgan fingerprint density at radius 2 is 1.77 bits per heavy atom. The van der Waals surface area contributed by atoms with E-state index in [0.29, 0.717) is 17.4 Å². The number of carboxylic acid groups (broad SMARTS) is 1. The summed E-state index contributed by atoms with van der Waals surface area (Å²) < 4.78 is 5.94. The zero-order chi connectivity index (χ0) is 21.6. The normalized spacial score (nSPS) is 14.4. The van der Waals surface area contributed by atoms with E-state index in [1.54, 1.807) is 18.3 Å². The molecule has 6 nitrogen and oxygen atoms in total. The standard InChI is InChI=1S/C24H24ClN3O3/c25-20-6-1-5-19(14-20)17-31-21-7-2-4-18(15-21)16-27-10-12-28(13-11-27)23-22(24(29)30)8-3-9-26-23/h1-9,14-15H,10-13,16-17H2,(H,29,30). The maximum absolute atomic E-state index is 11.5. The SMILES string of the molecule is O=C(O)c1cccnc1N1CCN(Cc2cccc(OCc3cccc(Cl)c3)c2)CC1. The second kappa shape index (κ2) is 9.81. The molecule has 160 valence electrons. The Balaban J connectivity index is 1.33. The highest BCUT2D eigenvalue weighted by atomic mass is 35.5. The third-order valence-corrected chi connectivity index (χ3v) is 5.52. The fourth-order valence-corrected chi connectivity index (χ4v) is 3.93. The van der Waals surface area contributed by atoms with E-state index >= 15 is 0 Å². The molecule has 1 aromatic heterocycles. The summed E-state index contributed by atoms with van der Waals surface area (Å²) >= 11 is 6.04. The number of hydrogen-bond donors (Lipinski definition) is 1. The van der Waals surface area contributed by atoms with Crippen LogP contribution in [0.15, 0.2) is 66.9 Å². The Morgan fingerprint density at radius 1 is 1.00 bits per heavy atom. The van der Waals surface area contributed by atoms with Crippen molar-refractivity contribution in [3.63, 3.8) is 0 Å². The zero-order valence-electron chi connectivity index (χ0n) is 17.1. The van der Waals surface area contributed by atoms with Gasteiger partial charge in [-0.1, -0.05) is 35.9 Å². The molecule has 0 radical (unpaired) electrons. The summed E-state index contributed by atoms with van der Waals surface area (Å²) in [6, 6.07) is 19.1. The third-order valence-electron chi connectivity index (χ3n) is 5.29. The van der Waals surface area contributed by atoms with Gasteiger partial charge in [0.2, 0.25) is 0 Å². The molecule has 1 N–H and O–H groups in total. The Kier molecular flexibility index (Phi) is 6.70. The van der Waals surface area contributed by atoms with Crippen LogP contribution in [0.5, 0.6) is 5.75 Å². The fraction of sp³-hybridized carbons (Fsp3) is 0.250. The van der Waals surface area contributed by atoms with Crippen LogP contribution >= 0.6 is 11.6 Å². The average Bonchev–Trinajstić information content (AvgIpc) is 2.79. The molecular formula is C24H24ClN3O3. The van der Waals surface area contributed by atoms with E-state index in [9.17, 15) is 9.90 Å². The number of aromatic nitrogens is 1. The van der Waals surface area contributed by atoms with E-state index in [4.69, 9.17) is 16.3 Å². The molecule has 0 bridgehead atoms. The van der Waals surface area contributed by atoms with Gasteiger partial charge < -0.3 is 14.7 Å². The Morgan fingerprint density at radius 3 is 2.55 bits per heavy atom. The average molecular weight is 438 g/mol. The topological polar surface area (TPSA) is 65.9 Å². The van der Waals surface area contributed by atoms with Gasteiger partial charge in [0.25, 0.3) is 0 Å². The van der Waals surface area contributed by atoms with E-state index in [2.05, 4.69) is 22.0 Å². The minimum Gasteiger partial charge on any atom is -0.489 e. The summed E-state index contributed by atoms with van der Waals surface area (Å²) in [7, 11) is 0. The van der Waals surface area contributed by atoms with Crippen molar-refractivity contribution in [2.24, 2.45) is 0 Å². The summed E-state index contributed by atoms with van der Waals surface area (Å²) in [6.07, 6.45) is 1.64.